The van der Waals surface area contributed by atoms with Crippen molar-refractivity contribution in [3.05, 3.63) is 11.6 Å². The smallest absolute Gasteiger partial charge is 0.0957 e. The quantitative estimate of drug-likeness (QED) is 0.721. The maximum absolute atomic E-state index is 8.98. The number of hydrogen-bond acceptors (Lipinski definition) is 2. The van der Waals surface area contributed by atoms with Crippen LogP contribution in [0.5, 0.6) is 0 Å². The van der Waals surface area contributed by atoms with Crippen molar-refractivity contribution in [2.45, 2.75) is 32.1 Å². The van der Waals surface area contributed by atoms with Crippen LogP contribution in [-0.2, 0) is 0 Å². The second-order valence-corrected chi connectivity index (χ2v) is 6.02. The molecule has 0 radical (unpaired) electrons. The maximum Gasteiger partial charge on any atom is 0.0957 e. The van der Waals surface area contributed by atoms with Gasteiger partial charge in [0.1, 0.15) is 0 Å². The van der Waals surface area contributed by atoms with Gasteiger partial charge in [-0.25, -0.2) is 0 Å². The third-order valence-electron chi connectivity index (χ3n) is 5.06. The number of nitriles is 1. The van der Waals surface area contributed by atoms with E-state index in [0.717, 1.165) is 29.2 Å². The average Bonchev–Trinajstić information content (AvgIpc) is 2.28. The summed E-state index contributed by atoms with van der Waals surface area (Å²) in [6.07, 6.45) is 9.36. The third-order valence-corrected chi connectivity index (χ3v) is 5.06. The molecule has 0 unspecified atom stereocenters. The minimum absolute atomic E-state index is 0.416. The molecule has 0 aromatic rings. The van der Waals surface area contributed by atoms with Crippen molar-refractivity contribution >= 4 is 0 Å². The van der Waals surface area contributed by atoms with Crippen LogP contribution in [0.15, 0.2) is 11.6 Å². The van der Waals surface area contributed by atoms with E-state index < -0.39 is 0 Å². The summed E-state index contributed by atoms with van der Waals surface area (Å²) in [6.45, 7) is 0.416. The van der Waals surface area contributed by atoms with Crippen molar-refractivity contribution in [1.29, 1.82) is 5.26 Å². The van der Waals surface area contributed by atoms with Gasteiger partial charge in [0.05, 0.1) is 6.07 Å². The topological polar surface area (TPSA) is 49.8 Å². The minimum Gasteiger partial charge on any atom is -0.326 e. The van der Waals surface area contributed by atoms with Crippen LogP contribution in [0, 0.1) is 40.9 Å². The molecule has 4 bridgehead atoms. The van der Waals surface area contributed by atoms with Crippen LogP contribution in [-0.4, -0.2) is 6.54 Å². The Balaban J connectivity index is 1.82. The van der Waals surface area contributed by atoms with Gasteiger partial charge in [-0.05, 0) is 61.7 Å². The number of nitrogens with two attached hydrogens (primary N) is 1. The van der Waals surface area contributed by atoms with Gasteiger partial charge in [0, 0.05) is 12.1 Å². The lowest BCUT2D eigenvalue weighted by Crippen LogP contribution is -2.44. The number of allylic oxidation sites excluding steroid dienone is 1. The monoisotopic (exact) mass is 216 g/mol. The highest BCUT2D eigenvalue weighted by Crippen LogP contribution is 2.56. The van der Waals surface area contributed by atoms with Crippen molar-refractivity contribution in [3.63, 3.8) is 0 Å². The molecule has 4 aliphatic rings. The summed E-state index contributed by atoms with van der Waals surface area (Å²) in [7, 11) is 0. The summed E-state index contributed by atoms with van der Waals surface area (Å²) in [5, 5.41) is 8.98. The van der Waals surface area contributed by atoms with Crippen molar-refractivity contribution in [3.8, 4) is 6.07 Å². The van der Waals surface area contributed by atoms with E-state index in [1.54, 1.807) is 0 Å². The standard InChI is InChI=1S/C14H20N2/c15-7-11(8-16)6-14-12-2-9-1-10(4-12)5-13(14)3-9/h6,9-10,12-14H,1-5,7,15H2/b11-6-. The molecule has 0 amide bonds. The number of rotatable bonds is 2. The Hall–Kier alpha value is -0.810. The molecule has 2 nitrogen and oxygen atoms in total. The molecule has 4 fully saturated rings. The predicted molar refractivity (Wildman–Crippen MR) is 63.3 cm³/mol. The molecule has 4 aliphatic carbocycles. The first kappa shape index (κ1) is 10.4. The molecule has 0 aliphatic heterocycles. The fourth-order valence-corrected chi connectivity index (χ4v) is 4.62. The zero-order valence-corrected chi connectivity index (χ0v) is 9.73. The van der Waals surface area contributed by atoms with Crippen molar-refractivity contribution in [1.82, 2.24) is 0 Å². The van der Waals surface area contributed by atoms with E-state index in [2.05, 4.69) is 12.1 Å². The molecule has 0 aromatic heterocycles. The molecule has 16 heavy (non-hydrogen) atoms. The first-order valence-corrected chi connectivity index (χ1v) is 6.61. The Morgan fingerprint density at radius 3 is 2.12 bits per heavy atom. The summed E-state index contributed by atoms with van der Waals surface area (Å²) in [4.78, 5) is 0. The molecule has 0 aromatic carbocycles. The Bertz CT molecular complexity index is 322. The highest BCUT2D eigenvalue weighted by Gasteiger charge is 2.47. The van der Waals surface area contributed by atoms with Gasteiger partial charge < -0.3 is 5.73 Å². The van der Waals surface area contributed by atoms with Crippen LogP contribution >= 0.6 is 0 Å². The van der Waals surface area contributed by atoms with Crippen molar-refractivity contribution in [2.75, 3.05) is 6.54 Å². The number of nitrogens with zero attached hydrogens (tertiary/aromatic N) is 1. The maximum atomic E-state index is 8.98. The van der Waals surface area contributed by atoms with Gasteiger partial charge in [0.2, 0.25) is 0 Å². The van der Waals surface area contributed by atoms with E-state index in [4.69, 9.17) is 11.0 Å². The lowest BCUT2D eigenvalue weighted by Gasteiger charge is -2.53. The van der Waals surface area contributed by atoms with E-state index in [-0.39, 0.29) is 0 Å². The summed E-state index contributed by atoms with van der Waals surface area (Å²) >= 11 is 0. The van der Waals surface area contributed by atoms with E-state index in [9.17, 15) is 0 Å². The predicted octanol–water partition coefficient (Wildman–Crippen LogP) is 2.47. The molecule has 0 spiro atoms. The molecular weight excluding hydrogens is 196 g/mol. The number of hydrogen-bond donors (Lipinski definition) is 1. The van der Waals surface area contributed by atoms with Gasteiger partial charge in [-0.2, -0.15) is 5.26 Å². The lowest BCUT2D eigenvalue weighted by atomic mass is 9.52. The van der Waals surface area contributed by atoms with Crippen molar-refractivity contribution in [2.24, 2.45) is 35.3 Å². The van der Waals surface area contributed by atoms with Gasteiger partial charge in [0.15, 0.2) is 0 Å². The third kappa shape index (κ3) is 1.58. The molecule has 0 heterocycles. The molecule has 86 valence electrons. The van der Waals surface area contributed by atoms with Crippen molar-refractivity contribution < 1.29 is 0 Å². The Labute approximate surface area is 97.5 Å². The lowest BCUT2D eigenvalue weighted by molar-refractivity contribution is -0.0163. The zero-order valence-electron chi connectivity index (χ0n) is 9.73. The van der Waals surface area contributed by atoms with Crippen LogP contribution in [0.2, 0.25) is 0 Å². The van der Waals surface area contributed by atoms with E-state index in [1.165, 1.54) is 32.1 Å². The second-order valence-electron chi connectivity index (χ2n) is 6.02. The molecule has 2 heteroatoms. The van der Waals surface area contributed by atoms with Gasteiger partial charge in [-0.3, -0.25) is 0 Å². The van der Waals surface area contributed by atoms with Gasteiger partial charge in [0.25, 0.3) is 0 Å². The van der Waals surface area contributed by atoms with Gasteiger partial charge in [-0.1, -0.05) is 6.08 Å². The van der Waals surface area contributed by atoms with Gasteiger partial charge >= 0.3 is 0 Å². The van der Waals surface area contributed by atoms with Crippen LogP contribution < -0.4 is 5.73 Å². The summed E-state index contributed by atoms with van der Waals surface area (Å²) in [6, 6.07) is 2.25. The summed E-state index contributed by atoms with van der Waals surface area (Å²) in [5.74, 6) is 4.43. The van der Waals surface area contributed by atoms with Gasteiger partial charge in [-0.15, -0.1) is 0 Å². The minimum atomic E-state index is 0.416. The van der Waals surface area contributed by atoms with E-state index >= 15 is 0 Å². The van der Waals surface area contributed by atoms with Crippen LogP contribution in [0.4, 0.5) is 0 Å². The summed E-state index contributed by atoms with van der Waals surface area (Å²) < 4.78 is 0. The molecule has 4 saturated carbocycles. The Morgan fingerprint density at radius 1 is 1.12 bits per heavy atom. The molecule has 0 saturated heterocycles. The molecular formula is C14H20N2. The SMILES string of the molecule is N#C/C(=C\C1C2CC3CC(C2)CC1C3)CN. The first-order valence-electron chi connectivity index (χ1n) is 6.61. The Morgan fingerprint density at radius 2 is 1.69 bits per heavy atom. The fraction of sp³-hybridized carbons (Fsp3) is 0.786. The second kappa shape index (κ2) is 3.89. The average molecular weight is 216 g/mol. The van der Waals surface area contributed by atoms with Crippen LogP contribution in [0.25, 0.3) is 0 Å². The largest absolute Gasteiger partial charge is 0.326 e. The van der Waals surface area contributed by atoms with Crippen LogP contribution in [0.3, 0.4) is 0 Å². The van der Waals surface area contributed by atoms with E-state index in [1.807, 2.05) is 0 Å². The zero-order chi connectivity index (χ0) is 11.1. The Kier molecular flexibility index (Phi) is 2.52. The molecule has 2 N–H and O–H groups in total. The molecule has 4 rings (SSSR count). The normalized spacial score (nSPS) is 45.8. The summed E-state index contributed by atoms with van der Waals surface area (Å²) in [5.41, 5.74) is 6.40. The molecule has 0 atom stereocenters. The van der Waals surface area contributed by atoms with E-state index in [0.29, 0.717) is 12.5 Å². The highest BCUT2D eigenvalue weighted by atomic mass is 14.5. The first-order chi connectivity index (χ1) is 7.80. The fourth-order valence-electron chi connectivity index (χ4n) is 4.62. The van der Waals surface area contributed by atoms with Crippen LogP contribution in [0.1, 0.15) is 32.1 Å². The highest BCUT2D eigenvalue weighted by molar-refractivity contribution is 5.24.